The van der Waals surface area contributed by atoms with E-state index >= 15 is 0 Å². The maximum absolute atomic E-state index is 5.36. The fourth-order valence-electron chi connectivity index (χ4n) is 6.23. The molecular formula is C39H24N2S2. The third-order valence-corrected chi connectivity index (χ3v) is 10.5. The van der Waals surface area contributed by atoms with Gasteiger partial charge in [0, 0.05) is 41.3 Å². The van der Waals surface area contributed by atoms with E-state index < -0.39 is 0 Å². The number of anilines is 3. The Hall–Kier alpha value is -5.03. The molecule has 0 saturated carbocycles. The summed E-state index contributed by atoms with van der Waals surface area (Å²) in [6.45, 7) is 0. The van der Waals surface area contributed by atoms with Gasteiger partial charge in [-0.15, -0.1) is 22.7 Å². The first-order valence-corrected chi connectivity index (χ1v) is 16.0. The Morgan fingerprint density at radius 3 is 2.05 bits per heavy atom. The van der Waals surface area contributed by atoms with Crippen LogP contribution in [0, 0.1) is 0 Å². The average Bonchev–Trinajstić information content (AvgIpc) is 3.62. The number of thiophene rings is 2. The zero-order valence-corrected chi connectivity index (χ0v) is 24.7. The van der Waals surface area contributed by atoms with Gasteiger partial charge in [0.25, 0.3) is 0 Å². The maximum atomic E-state index is 5.36. The van der Waals surface area contributed by atoms with Gasteiger partial charge in [0.05, 0.1) is 5.69 Å². The van der Waals surface area contributed by atoms with Gasteiger partial charge >= 0.3 is 0 Å². The second-order valence-electron chi connectivity index (χ2n) is 10.8. The smallest absolute Gasteiger partial charge is 0.139 e. The van der Waals surface area contributed by atoms with Crippen LogP contribution < -0.4 is 4.90 Å². The number of benzene rings is 6. The van der Waals surface area contributed by atoms with Crippen molar-refractivity contribution in [3.05, 3.63) is 146 Å². The second kappa shape index (κ2) is 9.77. The molecule has 9 aromatic rings. The Labute approximate surface area is 256 Å². The molecule has 2 nitrogen and oxygen atoms in total. The topological polar surface area (TPSA) is 16.1 Å². The maximum Gasteiger partial charge on any atom is 0.139 e. The van der Waals surface area contributed by atoms with Crippen molar-refractivity contribution in [3.8, 4) is 11.1 Å². The lowest BCUT2D eigenvalue weighted by Crippen LogP contribution is -2.11. The van der Waals surface area contributed by atoms with Gasteiger partial charge in [0.1, 0.15) is 10.6 Å². The van der Waals surface area contributed by atoms with Crippen LogP contribution in [0.2, 0.25) is 0 Å². The van der Waals surface area contributed by atoms with Gasteiger partial charge in [-0.1, -0.05) is 91.0 Å². The van der Waals surface area contributed by atoms with Gasteiger partial charge in [0.2, 0.25) is 0 Å². The van der Waals surface area contributed by atoms with Crippen LogP contribution in [-0.4, -0.2) is 4.98 Å². The first kappa shape index (κ1) is 24.6. The van der Waals surface area contributed by atoms with E-state index in [0.717, 1.165) is 22.0 Å². The van der Waals surface area contributed by atoms with Gasteiger partial charge in [-0.2, -0.15) is 0 Å². The SMILES string of the molecule is c1ccc(-c2ccc(N(c3ccc4c(n3)sc3cc5ccccc5cc34)c3cccc4sc5ccccc5c34)cc2)cc1. The molecule has 202 valence electrons. The number of aromatic nitrogens is 1. The largest absolute Gasteiger partial charge is 0.294 e. The standard InChI is InChI=1S/C39H24N2S2/c1-2-9-25(10-3-1)26-17-19-29(20-18-26)41(33-14-8-16-35-38(33)31-13-6-7-15-34(31)42-35)37-22-21-30-32-23-27-11-4-5-12-28(27)24-36(32)43-39(30)40-37/h1-24H. The minimum Gasteiger partial charge on any atom is -0.294 e. The molecule has 0 spiro atoms. The van der Waals surface area contributed by atoms with E-state index in [2.05, 4.69) is 150 Å². The lowest BCUT2D eigenvalue weighted by Gasteiger charge is -2.25. The van der Waals surface area contributed by atoms with Gasteiger partial charge < -0.3 is 0 Å². The molecule has 9 rings (SSSR count). The van der Waals surface area contributed by atoms with Crippen molar-refractivity contribution in [2.45, 2.75) is 0 Å². The van der Waals surface area contributed by atoms with E-state index in [1.54, 1.807) is 11.3 Å². The second-order valence-corrected chi connectivity index (χ2v) is 12.9. The highest BCUT2D eigenvalue weighted by molar-refractivity contribution is 7.26. The first-order valence-electron chi connectivity index (χ1n) is 14.4. The van der Waals surface area contributed by atoms with E-state index in [-0.39, 0.29) is 0 Å². The van der Waals surface area contributed by atoms with Crippen molar-refractivity contribution in [2.24, 2.45) is 0 Å². The highest BCUT2D eigenvalue weighted by atomic mass is 32.1. The molecule has 0 amide bonds. The minimum absolute atomic E-state index is 0.916. The van der Waals surface area contributed by atoms with Gasteiger partial charge in [-0.3, -0.25) is 4.90 Å². The summed E-state index contributed by atoms with van der Waals surface area (Å²) in [5.41, 5.74) is 4.63. The Balaban J connectivity index is 1.27. The van der Waals surface area contributed by atoms with E-state index in [4.69, 9.17) is 4.98 Å². The number of hydrogen-bond acceptors (Lipinski definition) is 4. The molecule has 0 fully saturated rings. The summed E-state index contributed by atoms with van der Waals surface area (Å²) in [7, 11) is 0. The average molecular weight is 585 g/mol. The van der Waals surface area contributed by atoms with E-state index in [1.807, 2.05) is 11.3 Å². The lowest BCUT2D eigenvalue weighted by molar-refractivity contribution is 1.22. The number of rotatable bonds is 4. The third kappa shape index (κ3) is 4.03. The summed E-state index contributed by atoms with van der Waals surface area (Å²) in [5, 5.41) is 7.53. The van der Waals surface area contributed by atoms with Gasteiger partial charge in [-0.25, -0.2) is 4.98 Å². The van der Waals surface area contributed by atoms with Crippen molar-refractivity contribution in [1.29, 1.82) is 0 Å². The molecular weight excluding hydrogens is 561 g/mol. The van der Waals surface area contributed by atoms with Crippen molar-refractivity contribution >= 4 is 91.1 Å². The Morgan fingerprint density at radius 2 is 1.19 bits per heavy atom. The molecule has 0 aliphatic carbocycles. The fourth-order valence-corrected chi connectivity index (χ4v) is 8.45. The van der Waals surface area contributed by atoms with Crippen LogP contribution in [0.4, 0.5) is 17.2 Å². The van der Waals surface area contributed by atoms with E-state index in [9.17, 15) is 0 Å². The van der Waals surface area contributed by atoms with Crippen LogP contribution in [0.5, 0.6) is 0 Å². The van der Waals surface area contributed by atoms with Crippen molar-refractivity contribution < 1.29 is 0 Å². The predicted molar refractivity (Wildman–Crippen MR) is 188 cm³/mol. The summed E-state index contributed by atoms with van der Waals surface area (Å²) in [6, 6.07) is 52.4. The summed E-state index contributed by atoms with van der Waals surface area (Å²) in [5.74, 6) is 0.916. The van der Waals surface area contributed by atoms with Gasteiger partial charge in [0.15, 0.2) is 0 Å². The molecule has 0 bridgehead atoms. The zero-order chi connectivity index (χ0) is 28.3. The van der Waals surface area contributed by atoms with Crippen molar-refractivity contribution in [2.75, 3.05) is 4.90 Å². The highest BCUT2D eigenvalue weighted by Crippen LogP contribution is 2.45. The molecule has 3 aromatic heterocycles. The quantitative estimate of drug-likeness (QED) is 0.205. The minimum atomic E-state index is 0.916. The number of fused-ring (bicyclic) bond motifs is 7. The van der Waals surface area contributed by atoms with E-state index in [0.29, 0.717) is 0 Å². The third-order valence-electron chi connectivity index (χ3n) is 8.27. The lowest BCUT2D eigenvalue weighted by atomic mass is 10.0. The first-order chi connectivity index (χ1) is 21.3. The molecule has 4 heteroatoms. The molecule has 6 aromatic carbocycles. The number of pyridine rings is 1. The molecule has 0 atom stereocenters. The highest BCUT2D eigenvalue weighted by Gasteiger charge is 2.20. The summed E-state index contributed by atoms with van der Waals surface area (Å²) < 4.78 is 3.84. The summed E-state index contributed by atoms with van der Waals surface area (Å²) in [4.78, 5) is 8.74. The molecule has 43 heavy (non-hydrogen) atoms. The normalized spacial score (nSPS) is 11.7. The van der Waals surface area contributed by atoms with Crippen molar-refractivity contribution in [1.82, 2.24) is 4.98 Å². The molecule has 0 N–H and O–H groups in total. The molecule has 0 aliphatic heterocycles. The fraction of sp³-hybridized carbons (Fsp3) is 0. The Morgan fingerprint density at radius 1 is 0.465 bits per heavy atom. The van der Waals surface area contributed by atoms with Crippen LogP contribution in [0.25, 0.3) is 62.4 Å². The molecule has 0 saturated heterocycles. The van der Waals surface area contributed by atoms with Crippen molar-refractivity contribution in [3.63, 3.8) is 0 Å². The van der Waals surface area contributed by atoms with Crippen LogP contribution in [-0.2, 0) is 0 Å². The number of nitrogens with zero attached hydrogens (tertiary/aromatic N) is 2. The molecule has 3 heterocycles. The van der Waals surface area contributed by atoms with Crippen LogP contribution in [0.3, 0.4) is 0 Å². The molecule has 0 aliphatic rings. The zero-order valence-electron chi connectivity index (χ0n) is 23.1. The van der Waals surface area contributed by atoms with E-state index in [1.165, 1.54) is 57.5 Å². The predicted octanol–water partition coefficient (Wildman–Crippen LogP) is 12.1. The Bertz CT molecular complexity index is 2450. The van der Waals surface area contributed by atoms with Crippen LogP contribution in [0.1, 0.15) is 0 Å². The monoisotopic (exact) mass is 584 g/mol. The summed E-state index contributed by atoms with van der Waals surface area (Å²) in [6.07, 6.45) is 0. The van der Waals surface area contributed by atoms with Crippen LogP contribution >= 0.6 is 22.7 Å². The van der Waals surface area contributed by atoms with Gasteiger partial charge in [-0.05, 0) is 76.5 Å². The molecule has 0 radical (unpaired) electrons. The van der Waals surface area contributed by atoms with Crippen LogP contribution in [0.15, 0.2) is 146 Å². The number of hydrogen-bond donors (Lipinski definition) is 0. The Kier molecular flexibility index (Phi) is 5.58. The molecule has 0 unspecified atom stereocenters. The summed E-state index contributed by atoms with van der Waals surface area (Å²) >= 11 is 3.62.